The van der Waals surface area contributed by atoms with Gasteiger partial charge in [-0.25, -0.2) is 4.79 Å². The Morgan fingerprint density at radius 3 is 1.95 bits per heavy atom. The molecule has 2 rings (SSSR count). The number of hydrogen-bond acceptors (Lipinski definition) is 3. The quantitative estimate of drug-likeness (QED) is 0.632. The normalized spacial score (nSPS) is 11.2. The fraction of sp³-hybridized carbons (Fsp3) is 0.211. The zero-order valence-electron chi connectivity index (χ0n) is 13.5. The van der Waals surface area contributed by atoms with Crippen LogP contribution in [0.15, 0.2) is 54.7 Å². The van der Waals surface area contributed by atoms with Crippen molar-refractivity contribution in [2.45, 2.75) is 13.8 Å². The van der Waals surface area contributed by atoms with E-state index in [0.717, 1.165) is 16.8 Å². The molecule has 0 atom stereocenters. The lowest BCUT2D eigenvalue weighted by Crippen LogP contribution is -2.13. The summed E-state index contributed by atoms with van der Waals surface area (Å²) in [5.41, 5.74) is 4.74. The topological polar surface area (TPSA) is 29.5 Å². The van der Waals surface area contributed by atoms with Crippen LogP contribution in [0.2, 0.25) is 0 Å². The monoisotopic (exact) mass is 295 g/mol. The SMILES string of the molecule is COC(=O)/C(=C\N(C)c1ccc(C)cc1)c1ccc(C)cc1. The van der Waals surface area contributed by atoms with Crippen LogP contribution in [-0.2, 0) is 9.53 Å². The molecule has 0 spiro atoms. The average molecular weight is 295 g/mol. The zero-order chi connectivity index (χ0) is 16.1. The summed E-state index contributed by atoms with van der Waals surface area (Å²) >= 11 is 0. The van der Waals surface area contributed by atoms with E-state index >= 15 is 0 Å². The van der Waals surface area contributed by atoms with Crippen LogP contribution in [0.5, 0.6) is 0 Å². The zero-order valence-corrected chi connectivity index (χ0v) is 13.5. The summed E-state index contributed by atoms with van der Waals surface area (Å²) in [6.45, 7) is 4.07. The Morgan fingerprint density at radius 2 is 1.45 bits per heavy atom. The van der Waals surface area contributed by atoms with Crippen molar-refractivity contribution in [1.29, 1.82) is 0 Å². The second kappa shape index (κ2) is 6.94. The van der Waals surface area contributed by atoms with Gasteiger partial charge in [0.05, 0.1) is 12.7 Å². The molecule has 0 heterocycles. The van der Waals surface area contributed by atoms with Gasteiger partial charge in [0.15, 0.2) is 0 Å². The summed E-state index contributed by atoms with van der Waals surface area (Å²) < 4.78 is 4.92. The number of hydrogen-bond donors (Lipinski definition) is 0. The van der Waals surface area contributed by atoms with Gasteiger partial charge in [0.1, 0.15) is 0 Å². The van der Waals surface area contributed by atoms with Crippen molar-refractivity contribution >= 4 is 17.2 Å². The maximum absolute atomic E-state index is 12.1. The first kappa shape index (κ1) is 15.8. The highest BCUT2D eigenvalue weighted by atomic mass is 16.5. The first-order valence-electron chi connectivity index (χ1n) is 7.18. The number of ether oxygens (including phenoxy) is 1. The van der Waals surface area contributed by atoms with E-state index in [0.29, 0.717) is 5.57 Å². The van der Waals surface area contributed by atoms with Gasteiger partial charge in [-0.1, -0.05) is 47.5 Å². The molecule has 0 aliphatic rings. The number of carbonyl (C=O) groups excluding carboxylic acids is 1. The maximum atomic E-state index is 12.1. The second-order valence-electron chi connectivity index (χ2n) is 5.35. The van der Waals surface area contributed by atoms with Gasteiger partial charge < -0.3 is 9.64 Å². The molecule has 0 aromatic heterocycles. The fourth-order valence-electron chi connectivity index (χ4n) is 2.14. The fourth-order valence-corrected chi connectivity index (χ4v) is 2.14. The van der Waals surface area contributed by atoms with Gasteiger partial charge in [0.25, 0.3) is 0 Å². The van der Waals surface area contributed by atoms with Crippen molar-refractivity contribution in [3.63, 3.8) is 0 Å². The predicted molar refractivity (Wildman–Crippen MR) is 90.8 cm³/mol. The highest BCUT2D eigenvalue weighted by molar-refractivity contribution is 6.16. The summed E-state index contributed by atoms with van der Waals surface area (Å²) in [6.07, 6.45) is 1.81. The first-order chi connectivity index (χ1) is 10.5. The molecule has 2 aromatic rings. The van der Waals surface area contributed by atoms with Gasteiger partial charge in [-0.3, -0.25) is 0 Å². The number of carbonyl (C=O) groups is 1. The Balaban J connectivity index is 2.37. The van der Waals surface area contributed by atoms with Gasteiger partial charge >= 0.3 is 5.97 Å². The number of aryl methyl sites for hydroxylation is 2. The van der Waals surface area contributed by atoms with Gasteiger partial charge in [0, 0.05) is 18.9 Å². The van der Waals surface area contributed by atoms with E-state index in [1.807, 2.05) is 74.3 Å². The Bertz CT molecular complexity index is 670. The average Bonchev–Trinajstić information content (AvgIpc) is 2.53. The molecular formula is C19H21NO2. The molecule has 0 aliphatic carbocycles. The molecule has 0 fully saturated rings. The summed E-state index contributed by atoms with van der Waals surface area (Å²) in [5, 5.41) is 0. The lowest BCUT2D eigenvalue weighted by molar-refractivity contribution is -0.133. The lowest BCUT2D eigenvalue weighted by Gasteiger charge is -2.17. The molecule has 2 aromatic carbocycles. The van der Waals surface area contributed by atoms with Crippen molar-refractivity contribution in [3.05, 3.63) is 71.4 Å². The molecule has 3 nitrogen and oxygen atoms in total. The minimum Gasteiger partial charge on any atom is -0.465 e. The molecule has 22 heavy (non-hydrogen) atoms. The third-order valence-electron chi connectivity index (χ3n) is 3.53. The Morgan fingerprint density at radius 1 is 0.955 bits per heavy atom. The number of esters is 1. The summed E-state index contributed by atoms with van der Waals surface area (Å²) in [5.74, 6) is -0.345. The number of nitrogens with zero attached hydrogens (tertiary/aromatic N) is 1. The molecule has 0 saturated carbocycles. The third-order valence-corrected chi connectivity index (χ3v) is 3.53. The van der Waals surface area contributed by atoms with Gasteiger partial charge in [-0.15, -0.1) is 0 Å². The molecule has 0 radical (unpaired) electrons. The van der Waals surface area contributed by atoms with Crippen molar-refractivity contribution < 1.29 is 9.53 Å². The second-order valence-corrected chi connectivity index (χ2v) is 5.35. The standard InChI is InChI=1S/C19H21NO2/c1-14-5-9-16(10-6-14)18(19(21)22-4)13-20(3)17-11-7-15(2)8-12-17/h5-13H,1-4H3/b18-13-. The highest BCUT2D eigenvalue weighted by Gasteiger charge is 2.13. The Hall–Kier alpha value is -2.55. The maximum Gasteiger partial charge on any atom is 0.339 e. The molecular weight excluding hydrogens is 274 g/mol. The van der Waals surface area contributed by atoms with Gasteiger partial charge in [-0.2, -0.15) is 0 Å². The van der Waals surface area contributed by atoms with Gasteiger partial charge in [0.2, 0.25) is 0 Å². The molecule has 0 bridgehead atoms. The molecule has 0 saturated heterocycles. The Kier molecular flexibility index (Phi) is 4.99. The van der Waals surface area contributed by atoms with Crippen LogP contribution in [0.3, 0.4) is 0 Å². The third kappa shape index (κ3) is 3.76. The molecule has 3 heteroatoms. The molecule has 114 valence electrons. The highest BCUT2D eigenvalue weighted by Crippen LogP contribution is 2.21. The summed E-state index contributed by atoms with van der Waals surface area (Å²) in [4.78, 5) is 14.0. The number of rotatable bonds is 4. The van der Waals surface area contributed by atoms with Gasteiger partial charge in [-0.05, 0) is 31.5 Å². The van der Waals surface area contributed by atoms with E-state index in [1.165, 1.54) is 12.7 Å². The van der Waals surface area contributed by atoms with E-state index < -0.39 is 0 Å². The number of benzene rings is 2. The largest absolute Gasteiger partial charge is 0.465 e. The van der Waals surface area contributed by atoms with E-state index in [1.54, 1.807) is 6.20 Å². The van der Waals surface area contributed by atoms with E-state index in [4.69, 9.17) is 4.74 Å². The van der Waals surface area contributed by atoms with Crippen LogP contribution >= 0.6 is 0 Å². The van der Waals surface area contributed by atoms with Crippen LogP contribution in [-0.4, -0.2) is 20.1 Å². The van der Waals surface area contributed by atoms with Crippen LogP contribution in [0, 0.1) is 13.8 Å². The van der Waals surface area contributed by atoms with Crippen molar-refractivity contribution in [2.24, 2.45) is 0 Å². The van der Waals surface area contributed by atoms with Crippen LogP contribution in [0.25, 0.3) is 5.57 Å². The molecule has 0 amide bonds. The van der Waals surface area contributed by atoms with E-state index in [2.05, 4.69) is 0 Å². The predicted octanol–water partition coefficient (Wildman–Crippen LogP) is 3.95. The van der Waals surface area contributed by atoms with Crippen LogP contribution in [0.4, 0.5) is 5.69 Å². The molecule has 0 unspecified atom stereocenters. The van der Waals surface area contributed by atoms with Crippen LogP contribution in [0.1, 0.15) is 16.7 Å². The minimum atomic E-state index is -0.345. The molecule has 0 N–H and O–H groups in total. The summed E-state index contributed by atoms with van der Waals surface area (Å²) in [7, 11) is 3.32. The first-order valence-corrected chi connectivity index (χ1v) is 7.18. The van der Waals surface area contributed by atoms with Crippen molar-refractivity contribution in [1.82, 2.24) is 0 Å². The smallest absolute Gasteiger partial charge is 0.339 e. The lowest BCUT2D eigenvalue weighted by atomic mass is 10.1. The Labute approximate surface area is 131 Å². The number of methoxy groups -OCH3 is 1. The van der Waals surface area contributed by atoms with Crippen LogP contribution < -0.4 is 4.90 Å². The van der Waals surface area contributed by atoms with E-state index in [-0.39, 0.29) is 5.97 Å². The van der Waals surface area contributed by atoms with E-state index in [9.17, 15) is 4.79 Å². The van der Waals surface area contributed by atoms with Crippen molar-refractivity contribution in [3.8, 4) is 0 Å². The minimum absolute atomic E-state index is 0.345. The summed E-state index contributed by atoms with van der Waals surface area (Å²) in [6, 6.07) is 16.0. The molecule has 0 aliphatic heterocycles. The number of anilines is 1. The van der Waals surface area contributed by atoms with Crippen molar-refractivity contribution in [2.75, 3.05) is 19.1 Å².